The molecule has 0 fully saturated rings. The first-order chi connectivity index (χ1) is 14.2. The lowest BCUT2D eigenvalue weighted by Crippen LogP contribution is -2.16. The van der Waals surface area contributed by atoms with Gasteiger partial charge in [-0.2, -0.15) is 0 Å². The Labute approximate surface area is 164 Å². The summed E-state index contributed by atoms with van der Waals surface area (Å²) in [6.45, 7) is 0.294. The molecular formula is C21H16FN5O2. The summed E-state index contributed by atoms with van der Waals surface area (Å²) in [7, 11) is 1.35. The van der Waals surface area contributed by atoms with Crippen molar-refractivity contribution < 1.29 is 13.9 Å². The van der Waals surface area contributed by atoms with Crippen LogP contribution >= 0.6 is 0 Å². The van der Waals surface area contributed by atoms with Gasteiger partial charge in [0.1, 0.15) is 23.7 Å². The Bertz CT molecular complexity index is 1350. The zero-order chi connectivity index (χ0) is 20.0. The molecule has 2 aromatic carbocycles. The summed E-state index contributed by atoms with van der Waals surface area (Å²) < 4.78 is 23.8. The lowest BCUT2D eigenvalue weighted by atomic mass is 10.3. The summed E-state index contributed by atoms with van der Waals surface area (Å²) in [5.74, 6) is -0.751. The van der Waals surface area contributed by atoms with E-state index in [9.17, 15) is 9.18 Å². The molecule has 5 aromatic rings. The number of carbonyl (C=O) groups is 1. The third kappa shape index (κ3) is 2.77. The molecule has 0 atom stereocenters. The Morgan fingerprint density at radius 2 is 1.83 bits per heavy atom. The maximum Gasteiger partial charge on any atom is 0.354 e. The van der Waals surface area contributed by atoms with Crippen molar-refractivity contribution in [1.82, 2.24) is 24.1 Å². The van der Waals surface area contributed by atoms with Crippen molar-refractivity contribution >= 4 is 28.0 Å². The van der Waals surface area contributed by atoms with E-state index in [-0.39, 0.29) is 5.82 Å². The van der Waals surface area contributed by atoms with Crippen molar-refractivity contribution in [1.29, 1.82) is 0 Å². The highest BCUT2D eigenvalue weighted by atomic mass is 19.1. The first-order valence-electron chi connectivity index (χ1n) is 8.99. The van der Waals surface area contributed by atoms with Crippen LogP contribution in [0.25, 0.3) is 27.8 Å². The second-order valence-electron chi connectivity index (χ2n) is 6.60. The zero-order valence-electron chi connectivity index (χ0n) is 15.5. The molecule has 0 bridgehead atoms. The van der Waals surface area contributed by atoms with Gasteiger partial charge in [-0.05, 0) is 48.5 Å². The van der Waals surface area contributed by atoms with Crippen LogP contribution in [-0.2, 0) is 11.4 Å². The molecule has 29 heavy (non-hydrogen) atoms. The number of hydrogen-bond donors (Lipinski definition) is 0. The van der Waals surface area contributed by atoms with Gasteiger partial charge in [0.05, 0.1) is 23.7 Å². The van der Waals surface area contributed by atoms with E-state index in [1.807, 2.05) is 45.7 Å². The topological polar surface area (TPSA) is 66.9 Å². The zero-order valence-corrected chi connectivity index (χ0v) is 15.5. The quantitative estimate of drug-likeness (QED) is 0.441. The first kappa shape index (κ1) is 17.2. The predicted molar refractivity (Wildman–Crippen MR) is 105 cm³/mol. The SMILES string of the molecule is COC(=O)c1cc2c(ccn2-c2ccc(F)cc2)n1Cn1nnc2ccccc21. The van der Waals surface area contributed by atoms with Crippen molar-refractivity contribution in [3.05, 3.63) is 78.4 Å². The van der Waals surface area contributed by atoms with E-state index in [1.165, 1.54) is 19.2 Å². The Morgan fingerprint density at radius 3 is 2.62 bits per heavy atom. The van der Waals surface area contributed by atoms with Gasteiger partial charge in [-0.3, -0.25) is 0 Å². The normalized spacial score (nSPS) is 11.4. The highest BCUT2D eigenvalue weighted by Gasteiger charge is 2.20. The maximum absolute atomic E-state index is 13.3. The minimum Gasteiger partial charge on any atom is -0.464 e. The van der Waals surface area contributed by atoms with Gasteiger partial charge in [-0.15, -0.1) is 5.10 Å². The molecule has 3 heterocycles. The molecular weight excluding hydrogens is 373 g/mol. The molecule has 0 saturated heterocycles. The Balaban J connectivity index is 1.67. The highest BCUT2D eigenvalue weighted by molar-refractivity contribution is 5.95. The van der Waals surface area contributed by atoms with Crippen LogP contribution < -0.4 is 0 Å². The molecule has 144 valence electrons. The predicted octanol–water partition coefficient (Wildman–Crippen LogP) is 3.61. The Hall–Kier alpha value is -3.94. The van der Waals surface area contributed by atoms with Gasteiger partial charge in [0.25, 0.3) is 0 Å². The van der Waals surface area contributed by atoms with Crippen LogP contribution in [0.2, 0.25) is 0 Å². The van der Waals surface area contributed by atoms with Gasteiger partial charge in [-0.1, -0.05) is 17.3 Å². The number of methoxy groups -OCH3 is 1. The first-order valence-corrected chi connectivity index (χ1v) is 8.99. The molecule has 0 spiro atoms. The number of carbonyl (C=O) groups excluding carboxylic acids is 1. The largest absolute Gasteiger partial charge is 0.464 e. The summed E-state index contributed by atoms with van der Waals surface area (Å²) in [5, 5.41) is 8.40. The fraction of sp³-hybridized carbons (Fsp3) is 0.0952. The van der Waals surface area contributed by atoms with E-state index >= 15 is 0 Å². The summed E-state index contributed by atoms with van der Waals surface area (Å²) in [6, 6.07) is 17.5. The molecule has 8 heteroatoms. The van der Waals surface area contributed by atoms with Crippen LogP contribution in [0.5, 0.6) is 0 Å². The van der Waals surface area contributed by atoms with Crippen molar-refractivity contribution in [2.24, 2.45) is 0 Å². The summed E-state index contributed by atoms with van der Waals surface area (Å²) in [4.78, 5) is 12.4. The number of fused-ring (bicyclic) bond motifs is 2. The van der Waals surface area contributed by atoms with E-state index in [1.54, 1.807) is 22.9 Å². The monoisotopic (exact) mass is 389 g/mol. The van der Waals surface area contributed by atoms with Gasteiger partial charge in [0.15, 0.2) is 0 Å². The van der Waals surface area contributed by atoms with Crippen molar-refractivity contribution in [3.63, 3.8) is 0 Å². The molecule has 0 aliphatic rings. The number of aromatic nitrogens is 5. The van der Waals surface area contributed by atoms with Crippen molar-refractivity contribution in [2.75, 3.05) is 7.11 Å². The van der Waals surface area contributed by atoms with Crippen LogP contribution in [-0.4, -0.2) is 37.2 Å². The second kappa shape index (κ2) is 6.59. The number of halogens is 1. The molecule has 0 radical (unpaired) electrons. The number of benzene rings is 2. The Morgan fingerprint density at radius 1 is 1.03 bits per heavy atom. The molecule has 7 nitrogen and oxygen atoms in total. The van der Waals surface area contributed by atoms with E-state index < -0.39 is 5.97 Å². The maximum atomic E-state index is 13.3. The molecule has 3 aromatic heterocycles. The molecule has 0 saturated carbocycles. The van der Waals surface area contributed by atoms with Gasteiger partial charge in [-0.25, -0.2) is 13.9 Å². The molecule has 0 N–H and O–H groups in total. The smallest absolute Gasteiger partial charge is 0.354 e. The summed E-state index contributed by atoms with van der Waals surface area (Å²) in [5.41, 5.74) is 4.47. The molecule has 0 unspecified atom stereocenters. The number of rotatable bonds is 4. The highest BCUT2D eigenvalue weighted by Crippen LogP contribution is 2.26. The summed E-state index contributed by atoms with van der Waals surface area (Å²) >= 11 is 0. The fourth-order valence-corrected chi connectivity index (χ4v) is 3.55. The van der Waals surface area contributed by atoms with Crippen LogP contribution in [0.1, 0.15) is 10.5 Å². The number of esters is 1. The minimum atomic E-state index is -0.448. The Kier molecular flexibility index (Phi) is 3.90. The van der Waals surface area contributed by atoms with Crippen molar-refractivity contribution in [2.45, 2.75) is 6.67 Å². The lowest BCUT2D eigenvalue weighted by molar-refractivity contribution is 0.0588. The third-order valence-electron chi connectivity index (χ3n) is 4.95. The molecule has 0 aliphatic heterocycles. The number of para-hydroxylation sites is 1. The number of nitrogens with zero attached hydrogens (tertiary/aromatic N) is 5. The van der Waals surface area contributed by atoms with Gasteiger partial charge in [0.2, 0.25) is 0 Å². The van der Waals surface area contributed by atoms with Crippen molar-refractivity contribution in [3.8, 4) is 5.69 Å². The average molecular weight is 389 g/mol. The van der Waals surface area contributed by atoms with Gasteiger partial charge in [0, 0.05) is 11.9 Å². The number of ether oxygens (including phenoxy) is 1. The number of hydrogen-bond acceptors (Lipinski definition) is 4. The van der Waals surface area contributed by atoms with E-state index in [0.29, 0.717) is 12.4 Å². The summed E-state index contributed by atoms with van der Waals surface area (Å²) in [6.07, 6.45) is 1.88. The van der Waals surface area contributed by atoms with E-state index in [2.05, 4.69) is 10.3 Å². The van der Waals surface area contributed by atoms with Gasteiger partial charge >= 0.3 is 5.97 Å². The van der Waals surface area contributed by atoms with E-state index in [0.717, 1.165) is 27.8 Å². The fourth-order valence-electron chi connectivity index (χ4n) is 3.55. The second-order valence-corrected chi connectivity index (χ2v) is 6.60. The van der Waals surface area contributed by atoms with Gasteiger partial charge < -0.3 is 13.9 Å². The lowest BCUT2D eigenvalue weighted by Gasteiger charge is -2.09. The molecule has 5 rings (SSSR count). The third-order valence-corrected chi connectivity index (χ3v) is 4.95. The van der Waals surface area contributed by atoms with Crippen LogP contribution in [0.3, 0.4) is 0 Å². The molecule has 0 aliphatic carbocycles. The van der Waals surface area contributed by atoms with Crippen LogP contribution in [0.15, 0.2) is 66.9 Å². The van der Waals surface area contributed by atoms with Crippen LogP contribution in [0, 0.1) is 5.82 Å². The standard InChI is InChI=1S/C21H16FN5O2/c1-29-21(28)20-12-19-18(10-11-25(19)15-8-6-14(22)7-9-15)26(20)13-27-17-5-3-2-4-16(17)23-24-27/h2-12H,13H2,1H3. The molecule has 0 amide bonds. The van der Waals surface area contributed by atoms with E-state index in [4.69, 9.17) is 4.74 Å². The average Bonchev–Trinajstić information content (AvgIpc) is 3.43. The van der Waals surface area contributed by atoms with Crippen LogP contribution in [0.4, 0.5) is 4.39 Å². The minimum absolute atomic E-state index is 0.294.